The van der Waals surface area contributed by atoms with Crippen molar-refractivity contribution in [3.63, 3.8) is 0 Å². The molecule has 8 heteroatoms. The Bertz CT molecular complexity index is 1080. The Hall–Kier alpha value is -3.36. The lowest BCUT2D eigenvalue weighted by molar-refractivity contribution is 0.0669. The quantitative estimate of drug-likeness (QED) is 0.485. The minimum atomic E-state index is -0.205. The Morgan fingerprint density at radius 1 is 1.09 bits per heavy atom. The van der Waals surface area contributed by atoms with Gasteiger partial charge >= 0.3 is 0 Å². The van der Waals surface area contributed by atoms with Crippen molar-refractivity contribution >= 4 is 28.8 Å². The zero-order valence-electron chi connectivity index (χ0n) is 18.3. The molecule has 0 spiro atoms. The highest BCUT2D eigenvalue weighted by Gasteiger charge is 2.17. The van der Waals surface area contributed by atoms with Crippen LogP contribution in [0.4, 0.5) is 5.69 Å². The third-order valence-corrected chi connectivity index (χ3v) is 6.15. The van der Waals surface area contributed by atoms with E-state index in [-0.39, 0.29) is 17.9 Å². The number of thiophene rings is 1. The third-order valence-electron chi connectivity index (χ3n) is 5.28. The van der Waals surface area contributed by atoms with E-state index >= 15 is 0 Å². The molecular weight excluding hydrogens is 440 g/mol. The van der Waals surface area contributed by atoms with Gasteiger partial charge < -0.3 is 24.8 Å². The fraction of sp³-hybridized carbons (Fsp3) is 0.280. The number of carbonyl (C=O) groups excluding carboxylic acids is 2. The molecule has 3 aromatic rings. The smallest absolute Gasteiger partial charge is 0.265 e. The van der Waals surface area contributed by atoms with E-state index in [1.165, 1.54) is 11.3 Å². The van der Waals surface area contributed by atoms with E-state index in [1.54, 1.807) is 37.4 Å². The maximum absolute atomic E-state index is 12.5. The number of benzene rings is 2. The van der Waals surface area contributed by atoms with E-state index in [4.69, 9.17) is 14.2 Å². The van der Waals surface area contributed by atoms with E-state index < -0.39 is 0 Å². The zero-order chi connectivity index (χ0) is 23.0. The molecule has 1 atom stereocenters. The molecule has 33 heavy (non-hydrogen) atoms. The monoisotopic (exact) mass is 466 g/mol. The van der Waals surface area contributed by atoms with Crippen LogP contribution in [0.15, 0.2) is 60.0 Å². The van der Waals surface area contributed by atoms with Crippen LogP contribution in [0.3, 0.4) is 0 Å². The first-order chi connectivity index (χ1) is 16.1. The zero-order valence-corrected chi connectivity index (χ0v) is 19.2. The topological polar surface area (TPSA) is 85.9 Å². The van der Waals surface area contributed by atoms with Crippen LogP contribution in [0.25, 0.3) is 0 Å². The van der Waals surface area contributed by atoms with Gasteiger partial charge in [-0.15, -0.1) is 11.3 Å². The molecule has 172 valence electrons. The summed E-state index contributed by atoms with van der Waals surface area (Å²) in [6.45, 7) is 1.63. The summed E-state index contributed by atoms with van der Waals surface area (Å²) in [5.74, 6) is 0.900. The Morgan fingerprint density at radius 2 is 1.94 bits per heavy atom. The van der Waals surface area contributed by atoms with Crippen LogP contribution in [-0.4, -0.2) is 38.2 Å². The molecule has 0 aliphatic carbocycles. The van der Waals surface area contributed by atoms with Crippen LogP contribution in [-0.2, 0) is 11.3 Å². The highest BCUT2D eigenvalue weighted by atomic mass is 32.1. The number of nitrogens with one attached hydrogen (secondary N) is 2. The second kappa shape index (κ2) is 11.0. The molecule has 0 bridgehead atoms. The molecule has 4 rings (SSSR count). The predicted molar refractivity (Wildman–Crippen MR) is 127 cm³/mol. The maximum atomic E-state index is 12.5. The van der Waals surface area contributed by atoms with Gasteiger partial charge in [-0.2, -0.15) is 0 Å². The maximum Gasteiger partial charge on any atom is 0.265 e. The van der Waals surface area contributed by atoms with Crippen molar-refractivity contribution in [2.24, 2.45) is 0 Å². The second-order valence-corrected chi connectivity index (χ2v) is 8.57. The first-order valence-electron chi connectivity index (χ1n) is 10.8. The molecule has 7 nitrogen and oxygen atoms in total. The number of methoxy groups -OCH3 is 1. The molecule has 1 aromatic heterocycles. The van der Waals surface area contributed by atoms with Crippen molar-refractivity contribution in [2.45, 2.75) is 25.5 Å². The van der Waals surface area contributed by atoms with Crippen LogP contribution in [0.1, 0.15) is 38.4 Å². The molecule has 2 aromatic carbocycles. The molecule has 2 amide bonds. The van der Waals surface area contributed by atoms with Crippen molar-refractivity contribution in [2.75, 3.05) is 25.6 Å². The highest BCUT2D eigenvalue weighted by molar-refractivity contribution is 7.12. The number of hydrogen-bond acceptors (Lipinski definition) is 6. The minimum absolute atomic E-state index is 0.129. The van der Waals surface area contributed by atoms with Crippen molar-refractivity contribution < 1.29 is 23.8 Å². The Morgan fingerprint density at radius 3 is 2.64 bits per heavy atom. The Balaban J connectivity index is 1.30. The average Bonchev–Trinajstić information content (AvgIpc) is 3.56. The molecule has 2 heterocycles. The summed E-state index contributed by atoms with van der Waals surface area (Å²) < 4.78 is 16.9. The lowest BCUT2D eigenvalue weighted by Crippen LogP contribution is -2.23. The summed E-state index contributed by atoms with van der Waals surface area (Å²) in [6.07, 6.45) is 2.20. The lowest BCUT2D eigenvalue weighted by atomic mass is 10.1. The van der Waals surface area contributed by atoms with Gasteiger partial charge in [0.05, 0.1) is 18.1 Å². The first kappa shape index (κ1) is 22.8. The molecule has 0 saturated carbocycles. The van der Waals surface area contributed by atoms with E-state index in [0.29, 0.717) is 40.8 Å². The van der Waals surface area contributed by atoms with Gasteiger partial charge in [-0.1, -0.05) is 12.1 Å². The highest BCUT2D eigenvalue weighted by Crippen LogP contribution is 2.29. The largest absolute Gasteiger partial charge is 0.493 e. The molecule has 1 aliphatic heterocycles. The predicted octanol–water partition coefficient (Wildman–Crippen LogP) is 4.50. The van der Waals surface area contributed by atoms with Crippen molar-refractivity contribution in [1.82, 2.24) is 5.32 Å². The minimum Gasteiger partial charge on any atom is -0.493 e. The summed E-state index contributed by atoms with van der Waals surface area (Å²) in [6, 6.07) is 16.0. The van der Waals surface area contributed by atoms with Crippen LogP contribution >= 0.6 is 11.3 Å². The summed E-state index contributed by atoms with van der Waals surface area (Å²) in [5, 5.41) is 7.58. The Kier molecular flexibility index (Phi) is 7.59. The summed E-state index contributed by atoms with van der Waals surface area (Å²) in [7, 11) is 1.59. The lowest BCUT2D eigenvalue weighted by Gasteiger charge is -2.15. The van der Waals surface area contributed by atoms with Crippen molar-refractivity contribution in [3.8, 4) is 11.5 Å². The van der Waals surface area contributed by atoms with Gasteiger partial charge in [0.25, 0.3) is 11.8 Å². The second-order valence-electron chi connectivity index (χ2n) is 7.62. The first-order valence-corrected chi connectivity index (χ1v) is 11.6. The van der Waals surface area contributed by atoms with Crippen LogP contribution < -0.4 is 20.1 Å². The number of ether oxygens (including phenoxy) is 3. The molecule has 1 unspecified atom stereocenters. The van der Waals surface area contributed by atoms with E-state index in [0.717, 1.165) is 25.0 Å². The van der Waals surface area contributed by atoms with Crippen molar-refractivity contribution in [3.05, 3.63) is 76.0 Å². The van der Waals surface area contributed by atoms with Gasteiger partial charge in [0.1, 0.15) is 6.61 Å². The molecule has 1 fully saturated rings. The van der Waals surface area contributed by atoms with Gasteiger partial charge in [-0.25, -0.2) is 0 Å². The fourth-order valence-electron chi connectivity index (χ4n) is 3.49. The van der Waals surface area contributed by atoms with Crippen molar-refractivity contribution in [1.29, 1.82) is 0 Å². The van der Waals surface area contributed by atoms with Crippen LogP contribution in [0, 0.1) is 0 Å². The number of amides is 2. The summed E-state index contributed by atoms with van der Waals surface area (Å²) in [4.78, 5) is 25.3. The average molecular weight is 467 g/mol. The molecule has 1 saturated heterocycles. The van der Waals surface area contributed by atoms with Gasteiger partial charge in [-0.3, -0.25) is 9.59 Å². The molecule has 0 radical (unpaired) electrons. The van der Waals surface area contributed by atoms with E-state index in [1.807, 2.05) is 29.6 Å². The van der Waals surface area contributed by atoms with Crippen LogP contribution in [0.2, 0.25) is 0 Å². The molecular formula is C25H26N2O5S. The van der Waals surface area contributed by atoms with Crippen LogP contribution in [0.5, 0.6) is 11.5 Å². The Labute approximate surface area is 196 Å². The van der Waals surface area contributed by atoms with E-state index in [2.05, 4.69) is 10.6 Å². The molecule has 1 aliphatic rings. The number of hydrogen-bond donors (Lipinski definition) is 2. The standard InChI is InChI=1S/C25H26N2O5S/c1-30-22-14-17(6-11-21(22)32-16-20-4-2-12-31-20)15-26-24(28)18-7-9-19(10-8-18)27-25(29)23-5-3-13-33-23/h3,5-11,13-14,20H,2,4,12,15-16H2,1H3,(H,26,28)(H,27,29). The fourth-order valence-corrected chi connectivity index (χ4v) is 4.11. The summed E-state index contributed by atoms with van der Waals surface area (Å²) in [5.41, 5.74) is 2.03. The molecule has 2 N–H and O–H groups in total. The number of rotatable bonds is 9. The number of anilines is 1. The summed E-state index contributed by atoms with van der Waals surface area (Å²) >= 11 is 1.38. The van der Waals surface area contributed by atoms with Gasteiger partial charge in [0, 0.05) is 24.4 Å². The van der Waals surface area contributed by atoms with E-state index in [9.17, 15) is 9.59 Å². The number of carbonyl (C=O) groups is 2. The third kappa shape index (κ3) is 6.12. The SMILES string of the molecule is COc1cc(CNC(=O)c2ccc(NC(=O)c3cccs3)cc2)ccc1OCC1CCCO1. The van der Waals surface area contributed by atoms with Gasteiger partial charge in [-0.05, 0) is 66.2 Å². The normalized spacial score (nSPS) is 15.1. The van der Waals surface area contributed by atoms with Gasteiger partial charge in [0.15, 0.2) is 11.5 Å². The van der Waals surface area contributed by atoms with Gasteiger partial charge in [0.2, 0.25) is 0 Å².